The molecule has 4 heteroatoms. The van der Waals surface area contributed by atoms with E-state index in [-0.39, 0.29) is 0 Å². The van der Waals surface area contributed by atoms with Crippen LogP contribution in [0.2, 0.25) is 0 Å². The molecule has 1 N–H and O–H groups in total. The highest BCUT2D eigenvalue weighted by Crippen LogP contribution is 2.14. The van der Waals surface area contributed by atoms with E-state index in [0.29, 0.717) is 0 Å². The van der Waals surface area contributed by atoms with Crippen molar-refractivity contribution in [2.24, 2.45) is 0 Å². The van der Waals surface area contributed by atoms with E-state index in [0.717, 1.165) is 26.2 Å². The maximum atomic E-state index is 3.56. The SMILES string of the molecule is CCCN(CCNCc1sccc1C)CCN(C)C. The van der Waals surface area contributed by atoms with E-state index < -0.39 is 0 Å². The van der Waals surface area contributed by atoms with Gasteiger partial charge in [-0.3, -0.25) is 0 Å². The Bertz CT molecular complexity index is 336. The minimum Gasteiger partial charge on any atom is -0.311 e. The molecule has 0 saturated carbocycles. The van der Waals surface area contributed by atoms with Gasteiger partial charge >= 0.3 is 0 Å². The van der Waals surface area contributed by atoms with Gasteiger partial charge in [0.2, 0.25) is 0 Å². The fourth-order valence-electron chi connectivity index (χ4n) is 2.02. The molecule has 0 saturated heterocycles. The molecule has 0 fully saturated rings. The van der Waals surface area contributed by atoms with Crippen LogP contribution >= 0.6 is 11.3 Å². The molecule has 0 amide bonds. The molecule has 0 aliphatic carbocycles. The van der Waals surface area contributed by atoms with Crippen molar-refractivity contribution in [1.82, 2.24) is 15.1 Å². The molecule has 0 spiro atoms. The maximum absolute atomic E-state index is 3.56. The first-order valence-electron chi connectivity index (χ1n) is 7.24. The zero-order valence-corrected chi connectivity index (χ0v) is 13.7. The molecular weight excluding hydrogens is 254 g/mol. The zero-order valence-electron chi connectivity index (χ0n) is 12.9. The van der Waals surface area contributed by atoms with E-state index in [1.165, 1.54) is 30.0 Å². The van der Waals surface area contributed by atoms with Crippen molar-refractivity contribution < 1.29 is 0 Å². The fourth-order valence-corrected chi connectivity index (χ4v) is 2.89. The van der Waals surface area contributed by atoms with Crippen molar-refractivity contribution in [3.8, 4) is 0 Å². The Kier molecular flexibility index (Phi) is 8.30. The maximum Gasteiger partial charge on any atom is 0.0302 e. The summed E-state index contributed by atoms with van der Waals surface area (Å²) in [5, 5.41) is 5.73. The van der Waals surface area contributed by atoms with E-state index in [4.69, 9.17) is 0 Å². The molecule has 0 aliphatic heterocycles. The number of nitrogens with one attached hydrogen (secondary N) is 1. The highest BCUT2D eigenvalue weighted by atomic mass is 32.1. The molecule has 0 atom stereocenters. The summed E-state index contributed by atoms with van der Waals surface area (Å²) in [4.78, 5) is 6.27. The van der Waals surface area contributed by atoms with Gasteiger partial charge < -0.3 is 15.1 Å². The van der Waals surface area contributed by atoms with Gasteiger partial charge in [0.25, 0.3) is 0 Å². The summed E-state index contributed by atoms with van der Waals surface area (Å²) in [5.74, 6) is 0. The third-order valence-electron chi connectivity index (χ3n) is 3.26. The Hall–Kier alpha value is -0.420. The van der Waals surface area contributed by atoms with Gasteiger partial charge in [-0.2, -0.15) is 0 Å². The van der Waals surface area contributed by atoms with Crippen molar-refractivity contribution in [3.63, 3.8) is 0 Å². The number of likely N-dealkylation sites (N-methyl/N-ethyl adjacent to an activating group) is 1. The van der Waals surface area contributed by atoms with Crippen molar-refractivity contribution >= 4 is 11.3 Å². The van der Waals surface area contributed by atoms with E-state index in [9.17, 15) is 0 Å². The number of rotatable bonds is 10. The van der Waals surface area contributed by atoms with Crippen LogP contribution in [0.4, 0.5) is 0 Å². The van der Waals surface area contributed by atoms with Gasteiger partial charge in [0.1, 0.15) is 0 Å². The lowest BCUT2D eigenvalue weighted by atomic mass is 10.3. The van der Waals surface area contributed by atoms with Crippen LogP contribution in [0.15, 0.2) is 11.4 Å². The second kappa shape index (κ2) is 9.48. The van der Waals surface area contributed by atoms with Crippen LogP contribution in [0.5, 0.6) is 0 Å². The molecule has 0 radical (unpaired) electrons. The minimum atomic E-state index is 1.01. The van der Waals surface area contributed by atoms with Gasteiger partial charge in [-0.25, -0.2) is 0 Å². The molecule has 0 unspecified atom stereocenters. The van der Waals surface area contributed by atoms with E-state index >= 15 is 0 Å². The third-order valence-corrected chi connectivity index (χ3v) is 4.28. The van der Waals surface area contributed by atoms with Gasteiger partial charge in [0, 0.05) is 37.6 Å². The highest BCUT2D eigenvalue weighted by molar-refractivity contribution is 7.10. The summed E-state index contributed by atoms with van der Waals surface area (Å²) >= 11 is 1.85. The van der Waals surface area contributed by atoms with Crippen LogP contribution in [-0.4, -0.2) is 56.6 Å². The Morgan fingerprint density at radius 3 is 2.53 bits per heavy atom. The fraction of sp³-hybridized carbons (Fsp3) is 0.733. The highest BCUT2D eigenvalue weighted by Gasteiger charge is 2.04. The zero-order chi connectivity index (χ0) is 14.1. The molecule has 19 heavy (non-hydrogen) atoms. The monoisotopic (exact) mass is 283 g/mol. The first-order valence-corrected chi connectivity index (χ1v) is 8.12. The summed E-state index contributed by atoms with van der Waals surface area (Å²) in [6, 6.07) is 2.20. The summed E-state index contributed by atoms with van der Waals surface area (Å²) in [6.45, 7) is 11.2. The molecule has 3 nitrogen and oxygen atoms in total. The number of thiophene rings is 1. The number of hydrogen-bond donors (Lipinski definition) is 1. The van der Waals surface area contributed by atoms with Crippen LogP contribution in [0.25, 0.3) is 0 Å². The number of nitrogens with zero attached hydrogens (tertiary/aromatic N) is 2. The van der Waals surface area contributed by atoms with Gasteiger partial charge in [0.05, 0.1) is 0 Å². The van der Waals surface area contributed by atoms with Crippen molar-refractivity contribution in [2.45, 2.75) is 26.8 Å². The molecule has 1 heterocycles. The van der Waals surface area contributed by atoms with Crippen LogP contribution in [0, 0.1) is 6.92 Å². The smallest absolute Gasteiger partial charge is 0.0302 e. The van der Waals surface area contributed by atoms with E-state index in [2.05, 4.69) is 54.5 Å². The molecule has 1 aromatic heterocycles. The average molecular weight is 283 g/mol. The number of aryl methyl sites for hydroxylation is 1. The minimum absolute atomic E-state index is 1.01. The van der Waals surface area contributed by atoms with Gasteiger partial charge in [-0.05, 0) is 51.0 Å². The lowest BCUT2D eigenvalue weighted by Gasteiger charge is -2.23. The van der Waals surface area contributed by atoms with Gasteiger partial charge in [-0.1, -0.05) is 6.92 Å². The molecule has 0 aromatic carbocycles. The quantitative estimate of drug-likeness (QED) is 0.665. The molecule has 1 aromatic rings. The standard InChI is InChI=1S/C15H29N3S/c1-5-8-18(11-10-17(3)4)9-7-16-13-15-14(2)6-12-19-15/h6,12,16H,5,7-11,13H2,1-4H3. The lowest BCUT2D eigenvalue weighted by molar-refractivity contribution is 0.241. The molecule has 0 bridgehead atoms. The third kappa shape index (κ3) is 7.06. The Balaban J connectivity index is 2.18. The summed E-state index contributed by atoms with van der Waals surface area (Å²) < 4.78 is 0. The second-order valence-corrected chi connectivity index (χ2v) is 6.35. The molecule has 110 valence electrons. The van der Waals surface area contributed by atoms with Crippen molar-refractivity contribution in [2.75, 3.05) is 46.8 Å². The van der Waals surface area contributed by atoms with E-state index in [1.54, 1.807) is 0 Å². The Morgan fingerprint density at radius 1 is 1.16 bits per heavy atom. The first-order chi connectivity index (χ1) is 9.13. The summed E-state index contributed by atoms with van der Waals surface area (Å²) in [6.07, 6.45) is 1.23. The largest absolute Gasteiger partial charge is 0.311 e. The van der Waals surface area contributed by atoms with Crippen molar-refractivity contribution in [1.29, 1.82) is 0 Å². The van der Waals surface area contributed by atoms with Crippen LogP contribution < -0.4 is 5.32 Å². The Labute approximate surface area is 122 Å². The van der Waals surface area contributed by atoms with Crippen LogP contribution in [-0.2, 0) is 6.54 Å². The molecular formula is C15H29N3S. The Morgan fingerprint density at radius 2 is 1.95 bits per heavy atom. The normalized spacial score (nSPS) is 11.7. The summed E-state index contributed by atoms with van der Waals surface area (Å²) in [7, 11) is 4.28. The molecule has 1 rings (SSSR count). The second-order valence-electron chi connectivity index (χ2n) is 5.35. The van der Waals surface area contributed by atoms with E-state index in [1.807, 2.05) is 11.3 Å². The van der Waals surface area contributed by atoms with Gasteiger partial charge in [-0.15, -0.1) is 11.3 Å². The predicted octanol–water partition coefficient (Wildman–Crippen LogP) is 2.42. The first kappa shape index (κ1) is 16.6. The molecule has 0 aliphatic rings. The topological polar surface area (TPSA) is 18.5 Å². The number of hydrogen-bond acceptors (Lipinski definition) is 4. The van der Waals surface area contributed by atoms with Crippen LogP contribution in [0.3, 0.4) is 0 Å². The predicted molar refractivity (Wildman–Crippen MR) is 86.0 cm³/mol. The average Bonchev–Trinajstić information content (AvgIpc) is 2.77. The van der Waals surface area contributed by atoms with Crippen LogP contribution in [0.1, 0.15) is 23.8 Å². The van der Waals surface area contributed by atoms with Crippen molar-refractivity contribution in [3.05, 3.63) is 21.9 Å². The lowest BCUT2D eigenvalue weighted by Crippen LogP contribution is -2.37. The van der Waals surface area contributed by atoms with Gasteiger partial charge in [0.15, 0.2) is 0 Å². The summed E-state index contributed by atoms with van der Waals surface area (Å²) in [5.41, 5.74) is 1.41.